The quantitative estimate of drug-likeness (QED) is 0.606. The van der Waals surface area contributed by atoms with Crippen molar-refractivity contribution in [1.29, 1.82) is 0 Å². The molecule has 1 aliphatic carbocycles. The highest BCUT2D eigenvalue weighted by Crippen LogP contribution is 2.38. The first-order chi connectivity index (χ1) is 10.1. The van der Waals surface area contributed by atoms with Crippen LogP contribution in [0.15, 0.2) is 22.7 Å². The molecule has 1 saturated carbocycles. The van der Waals surface area contributed by atoms with Gasteiger partial charge in [-0.25, -0.2) is 4.98 Å². The molecule has 0 amide bonds. The monoisotopic (exact) mass is 386 g/mol. The van der Waals surface area contributed by atoms with Crippen LogP contribution in [0.5, 0.6) is 0 Å². The van der Waals surface area contributed by atoms with E-state index >= 15 is 0 Å². The van der Waals surface area contributed by atoms with Gasteiger partial charge in [0.15, 0.2) is 0 Å². The summed E-state index contributed by atoms with van der Waals surface area (Å²) in [6, 6.07) is 6.83. The number of rotatable bonds is 3. The van der Waals surface area contributed by atoms with Gasteiger partial charge in [-0.2, -0.15) is 11.8 Å². The van der Waals surface area contributed by atoms with Gasteiger partial charge in [-0.05, 0) is 57.1 Å². The van der Waals surface area contributed by atoms with E-state index in [1.165, 1.54) is 31.2 Å². The van der Waals surface area contributed by atoms with Crippen LogP contribution in [0.3, 0.4) is 0 Å². The molecule has 0 bridgehead atoms. The fraction of sp³-hybridized carbons (Fsp3) is 0.562. The molecule has 2 nitrogen and oxygen atoms in total. The lowest BCUT2D eigenvalue weighted by Crippen LogP contribution is -2.21. The Kier molecular flexibility index (Phi) is 4.87. The summed E-state index contributed by atoms with van der Waals surface area (Å²) in [6.45, 7) is 2.02. The lowest BCUT2D eigenvalue weighted by molar-refractivity contribution is 0.358. The van der Waals surface area contributed by atoms with E-state index in [1.807, 2.05) is 24.8 Å². The van der Waals surface area contributed by atoms with E-state index in [1.54, 1.807) is 0 Å². The number of alkyl halides is 1. The first kappa shape index (κ1) is 15.7. The van der Waals surface area contributed by atoms with E-state index in [9.17, 15) is 0 Å². The Morgan fingerprint density at radius 2 is 2.05 bits per heavy atom. The Morgan fingerprint density at radius 1 is 1.33 bits per heavy atom. The van der Waals surface area contributed by atoms with Crippen LogP contribution in [0.25, 0.3) is 11.0 Å². The van der Waals surface area contributed by atoms with E-state index < -0.39 is 0 Å². The van der Waals surface area contributed by atoms with Crippen molar-refractivity contribution in [3.8, 4) is 0 Å². The van der Waals surface area contributed by atoms with Gasteiger partial charge < -0.3 is 4.57 Å². The molecule has 1 aliphatic rings. The van der Waals surface area contributed by atoms with Crippen molar-refractivity contribution < 1.29 is 0 Å². The van der Waals surface area contributed by atoms with E-state index in [4.69, 9.17) is 16.6 Å². The Balaban J connectivity index is 2.03. The van der Waals surface area contributed by atoms with Crippen LogP contribution in [-0.2, 0) is 0 Å². The molecule has 0 saturated heterocycles. The standard InChI is InChI=1S/C16H20BrClN2S/c1-10(18)16-19-14-8-3-11(17)9-15(14)20(16)12-4-6-13(21-2)7-5-12/h3,8-10,12-13H,4-7H2,1-2H3. The number of thioether (sulfide) groups is 1. The van der Waals surface area contributed by atoms with Gasteiger partial charge in [0.2, 0.25) is 0 Å². The Morgan fingerprint density at radius 3 is 2.67 bits per heavy atom. The predicted molar refractivity (Wildman–Crippen MR) is 96.5 cm³/mol. The first-order valence-corrected chi connectivity index (χ1v) is 9.96. The van der Waals surface area contributed by atoms with Gasteiger partial charge in [0.1, 0.15) is 5.82 Å². The van der Waals surface area contributed by atoms with Crippen LogP contribution in [0, 0.1) is 0 Å². The van der Waals surface area contributed by atoms with Crippen molar-refractivity contribution in [2.24, 2.45) is 0 Å². The van der Waals surface area contributed by atoms with E-state index in [0.29, 0.717) is 6.04 Å². The second-order valence-electron chi connectivity index (χ2n) is 5.76. The van der Waals surface area contributed by atoms with Gasteiger partial charge in [-0.15, -0.1) is 11.6 Å². The van der Waals surface area contributed by atoms with Crippen molar-refractivity contribution >= 4 is 50.3 Å². The van der Waals surface area contributed by atoms with Crippen molar-refractivity contribution in [2.45, 2.75) is 49.3 Å². The number of halogens is 2. The van der Waals surface area contributed by atoms with E-state index in [0.717, 1.165) is 21.1 Å². The van der Waals surface area contributed by atoms with E-state index in [-0.39, 0.29) is 5.38 Å². The number of benzene rings is 1. The van der Waals surface area contributed by atoms with Gasteiger partial charge in [0.05, 0.1) is 16.4 Å². The van der Waals surface area contributed by atoms with Gasteiger partial charge in [-0.3, -0.25) is 0 Å². The van der Waals surface area contributed by atoms with Gasteiger partial charge >= 0.3 is 0 Å². The fourth-order valence-corrected chi connectivity index (χ4v) is 4.53. The molecule has 2 aromatic rings. The maximum atomic E-state index is 6.40. The zero-order valence-electron chi connectivity index (χ0n) is 12.4. The van der Waals surface area contributed by atoms with Gasteiger partial charge in [0.25, 0.3) is 0 Å². The highest BCUT2D eigenvalue weighted by atomic mass is 79.9. The summed E-state index contributed by atoms with van der Waals surface area (Å²) < 4.78 is 3.50. The molecule has 3 rings (SSSR count). The fourth-order valence-electron chi connectivity index (χ4n) is 3.29. The smallest absolute Gasteiger partial charge is 0.127 e. The van der Waals surface area contributed by atoms with Crippen molar-refractivity contribution in [3.63, 3.8) is 0 Å². The third-order valence-corrected chi connectivity index (χ3v) is 6.20. The zero-order valence-corrected chi connectivity index (χ0v) is 15.5. The molecule has 21 heavy (non-hydrogen) atoms. The molecule has 1 aromatic heterocycles. The summed E-state index contributed by atoms with van der Waals surface area (Å²) in [5.41, 5.74) is 2.26. The second-order valence-corrected chi connectivity index (χ2v) is 8.46. The van der Waals surface area contributed by atoms with Crippen molar-refractivity contribution in [1.82, 2.24) is 9.55 Å². The molecular formula is C16H20BrClN2S. The molecule has 1 unspecified atom stereocenters. The molecule has 0 N–H and O–H groups in total. The van der Waals surface area contributed by atoms with Crippen LogP contribution in [0.1, 0.15) is 49.9 Å². The molecule has 0 radical (unpaired) electrons. The lowest BCUT2D eigenvalue weighted by Gasteiger charge is -2.30. The number of aromatic nitrogens is 2. The molecule has 0 spiro atoms. The summed E-state index contributed by atoms with van der Waals surface area (Å²) in [5, 5.41) is 0.758. The molecule has 1 fully saturated rings. The maximum absolute atomic E-state index is 6.40. The number of hydrogen-bond donors (Lipinski definition) is 0. The summed E-state index contributed by atoms with van der Waals surface area (Å²) in [5.74, 6) is 1.01. The minimum Gasteiger partial charge on any atom is -0.324 e. The van der Waals surface area contributed by atoms with Crippen LogP contribution in [-0.4, -0.2) is 21.1 Å². The van der Waals surface area contributed by atoms with Crippen molar-refractivity contribution in [2.75, 3.05) is 6.26 Å². The summed E-state index contributed by atoms with van der Waals surface area (Å²) in [6.07, 6.45) is 7.24. The molecule has 1 atom stereocenters. The van der Waals surface area contributed by atoms with E-state index in [2.05, 4.69) is 38.9 Å². The third-order valence-electron chi connectivity index (χ3n) is 4.38. The SMILES string of the molecule is CSC1CCC(n2c(C(C)Cl)nc3ccc(Br)cc32)CC1. The Bertz CT molecular complexity index is 632. The lowest BCUT2D eigenvalue weighted by atomic mass is 9.94. The van der Waals surface area contributed by atoms with Gasteiger partial charge in [0, 0.05) is 15.8 Å². The molecule has 114 valence electrons. The van der Waals surface area contributed by atoms with Crippen LogP contribution >= 0.6 is 39.3 Å². The molecule has 1 aromatic carbocycles. The van der Waals surface area contributed by atoms with Crippen LogP contribution < -0.4 is 0 Å². The topological polar surface area (TPSA) is 17.8 Å². The molecule has 1 heterocycles. The highest BCUT2D eigenvalue weighted by Gasteiger charge is 2.26. The van der Waals surface area contributed by atoms with Gasteiger partial charge in [-0.1, -0.05) is 15.9 Å². The number of nitrogens with zero attached hydrogens (tertiary/aromatic N) is 2. The Labute approximate surface area is 143 Å². The minimum absolute atomic E-state index is 0.0607. The molecule has 0 aliphatic heterocycles. The largest absolute Gasteiger partial charge is 0.324 e. The normalized spacial score (nSPS) is 24.4. The van der Waals surface area contributed by atoms with Crippen molar-refractivity contribution in [3.05, 3.63) is 28.5 Å². The third kappa shape index (κ3) is 3.13. The Hall–Kier alpha value is -0.190. The zero-order chi connectivity index (χ0) is 15.0. The molecular weight excluding hydrogens is 368 g/mol. The summed E-state index contributed by atoms with van der Waals surface area (Å²) in [4.78, 5) is 4.77. The number of imidazole rings is 1. The van der Waals surface area contributed by atoms with Crippen LogP contribution in [0.4, 0.5) is 0 Å². The minimum atomic E-state index is -0.0607. The number of fused-ring (bicyclic) bond motifs is 1. The summed E-state index contributed by atoms with van der Waals surface area (Å²) in [7, 11) is 0. The maximum Gasteiger partial charge on any atom is 0.127 e. The average Bonchev–Trinajstić information content (AvgIpc) is 2.86. The predicted octanol–water partition coefficient (Wildman–Crippen LogP) is 5.95. The second kappa shape index (κ2) is 6.51. The first-order valence-electron chi connectivity index (χ1n) is 7.44. The average molecular weight is 388 g/mol. The van der Waals surface area contributed by atoms with Crippen LogP contribution in [0.2, 0.25) is 0 Å². The highest BCUT2D eigenvalue weighted by molar-refractivity contribution is 9.10. The summed E-state index contributed by atoms with van der Waals surface area (Å²) >= 11 is 12.0. The number of hydrogen-bond acceptors (Lipinski definition) is 2. The molecule has 5 heteroatoms.